The first kappa shape index (κ1) is 8.53. The molecule has 0 rings (SSSR count). The van der Waals surface area contributed by atoms with Crippen molar-refractivity contribution in [3.05, 3.63) is 17.7 Å². The second-order valence-electron chi connectivity index (χ2n) is 1.58. The van der Waals surface area contributed by atoms with E-state index in [4.69, 9.17) is 0 Å². The van der Waals surface area contributed by atoms with E-state index in [1.54, 1.807) is 0 Å². The second-order valence-corrected chi connectivity index (χ2v) is 1.58. The van der Waals surface area contributed by atoms with Crippen molar-refractivity contribution < 1.29 is 14.4 Å². The zero-order valence-electron chi connectivity index (χ0n) is 5.46. The molecule has 0 saturated heterocycles. The van der Waals surface area contributed by atoms with Gasteiger partial charge in [-0.05, 0) is 13.0 Å². The van der Waals surface area contributed by atoms with E-state index in [0.29, 0.717) is 6.29 Å². The van der Waals surface area contributed by atoms with Crippen molar-refractivity contribution in [3.8, 4) is 0 Å². The molecule has 3 nitrogen and oxygen atoms in total. The number of Topliss-reactive ketones (excluding diaryl/α,β-unsaturated/α-hetero) is 1. The van der Waals surface area contributed by atoms with Crippen LogP contribution in [0.15, 0.2) is 17.7 Å². The van der Waals surface area contributed by atoms with Crippen LogP contribution in [0.4, 0.5) is 0 Å². The van der Waals surface area contributed by atoms with Crippen LogP contribution >= 0.6 is 0 Å². The maximum absolute atomic E-state index is 10.4. The van der Waals surface area contributed by atoms with Crippen molar-refractivity contribution in [2.24, 2.45) is 0 Å². The first-order valence-corrected chi connectivity index (χ1v) is 2.59. The van der Waals surface area contributed by atoms with Gasteiger partial charge in [-0.2, -0.15) is 0 Å². The minimum absolute atomic E-state index is 0.0247. The van der Waals surface area contributed by atoms with Crippen LogP contribution in [0.3, 0.4) is 0 Å². The summed E-state index contributed by atoms with van der Waals surface area (Å²) in [6.07, 6.45) is 2.50. The Bertz CT molecular complexity index is 219. The molecule has 0 aromatic rings. The Balaban J connectivity index is 4.48. The Hall–Kier alpha value is -1.47. The van der Waals surface area contributed by atoms with E-state index in [0.717, 1.165) is 12.2 Å². The average Bonchev–Trinajstić information content (AvgIpc) is 1.89. The highest BCUT2D eigenvalue weighted by Crippen LogP contribution is 1.89. The molecule has 0 radical (unpaired) electrons. The van der Waals surface area contributed by atoms with Crippen LogP contribution in [0, 0.1) is 0 Å². The summed E-state index contributed by atoms with van der Waals surface area (Å²) in [5, 5.41) is 0. The predicted molar refractivity (Wildman–Crippen MR) is 35.1 cm³/mol. The number of hydrogen-bond donors (Lipinski definition) is 0. The molecule has 0 aliphatic heterocycles. The topological polar surface area (TPSA) is 51.2 Å². The lowest BCUT2D eigenvalue weighted by molar-refractivity contribution is -0.115. The first-order chi connectivity index (χ1) is 4.72. The third-order valence-corrected chi connectivity index (χ3v) is 0.864. The van der Waals surface area contributed by atoms with Crippen molar-refractivity contribution in [1.29, 1.82) is 0 Å². The molecular weight excluding hydrogens is 132 g/mol. The zero-order valence-corrected chi connectivity index (χ0v) is 5.46. The summed E-state index contributed by atoms with van der Waals surface area (Å²) in [6.45, 7) is 1.25. The molecular formula is C7H6O3. The van der Waals surface area contributed by atoms with Crippen LogP contribution in [0.5, 0.6) is 0 Å². The Kier molecular flexibility index (Phi) is 3.76. The van der Waals surface area contributed by atoms with Crippen LogP contribution in [0.25, 0.3) is 0 Å². The minimum atomic E-state index is -0.360. The molecule has 10 heavy (non-hydrogen) atoms. The highest BCUT2D eigenvalue weighted by molar-refractivity contribution is 6.10. The molecule has 0 unspecified atom stereocenters. The Morgan fingerprint density at radius 3 is 2.40 bits per heavy atom. The number of aldehydes is 1. The lowest BCUT2D eigenvalue weighted by atomic mass is 10.2. The summed E-state index contributed by atoms with van der Waals surface area (Å²) < 4.78 is 0. The Morgan fingerprint density at radius 1 is 1.50 bits per heavy atom. The average molecular weight is 138 g/mol. The summed E-state index contributed by atoms with van der Waals surface area (Å²) in [5.41, 5.74) is -0.0247. The summed E-state index contributed by atoms with van der Waals surface area (Å²) in [6, 6.07) is 0. The molecule has 52 valence electrons. The smallest absolute Gasteiger partial charge is 0.163 e. The molecule has 3 heteroatoms. The van der Waals surface area contributed by atoms with Gasteiger partial charge in [0.15, 0.2) is 12.1 Å². The van der Waals surface area contributed by atoms with E-state index < -0.39 is 0 Å². The van der Waals surface area contributed by atoms with Gasteiger partial charge in [0.2, 0.25) is 0 Å². The monoisotopic (exact) mass is 138 g/mol. The number of hydrogen-bond acceptors (Lipinski definition) is 3. The van der Waals surface area contributed by atoms with Crippen LogP contribution < -0.4 is 0 Å². The molecule has 0 heterocycles. The van der Waals surface area contributed by atoms with E-state index in [2.05, 4.69) is 0 Å². The lowest BCUT2D eigenvalue weighted by Gasteiger charge is -1.84. The van der Waals surface area contributed by atoms with E-state index >= 15 is 0 Å². The van der Waals surface area contributed by atoms with E-state index in [1.165, 1.54) is 12.9 Å². The fourth-order valence-corrected chi connectivity index (χ4v) is 0.363. The molecule has 0 amide bonds. The van der Waals surface area contributed by atoms with Gasteiger partial charge in [-0.3, -0.25) is 9.59 Å². The molecule has 0 N–H and O–H groups in total. The van der Waals surface area contributed by atoms with Gasteiger partial charge < -0.3 is 0 Å². The van der Waals surface area contributed by atoms with Gasteiger partial charge in [0.05, 0.1) is 5.57 Å². The molecule has 0 aromatic heterocycles. The van der Waals surface area contributed by atoms with Gasteiger partial charge in [-0.25, -0.2) is 4.79 Å². The SMILES string of the molecule is CC(=O)/C(C=O)=C/C=C=O. The number of rotatable bonds is 3. The van der Waals surface area contributed by atoms with Gasteiger partial charge in [0.25, 0.3) is 0 Å². The van der Waals surface area contributed by atoms with Crippen molar-refractivity contribution >= 4 is 18.0 Å². The normalized spacial score (nSPS) is 9.90. The molecule has 0 saturated carbocycles. The number of carbonyl (C=O) groups excluding carboxylic acids is 3. The summed E-state index contributed by atoms with van der Waals surface area (Å²) >= 11 is 0. The molecule has 0 aliphatic carbocycles. The van der Waals surface area contributed by atoms with Gasteiger partial charge in [0.1, 0.15) is 5.94 Å². The lowest BCUT2D eigenvalue weighted by Crippen LogP contribution is -1.96. The summed E-state index contributed by atoms with van der Waals surface area (Å²) in [5.74, 6) is 1.07. The van der Waals surface area contributed by atoms with E-state index in [-0.39, 0.29) is 11.4 Å². The van der Waals surface area contributed by atoms with Crippen molar-refractivity contribution in [2.45, 2.75) is 6.92 Å². The predicted octanol–water partition coefficient (Wildman–Crippen LogP) is 0.0885. The third kappa shape index (κ3) is 2.74. The van der Waals surface area contributed by atoms with Crippen molar-refractivity contribution in [3.63, 3.8) is 0 Å². The second kappa shape index (κ2) is 4.41. The van der Waals surface area contributed by atoms with Crippen LogP contribution in [-0.4, -0.2) is 18.0 Å². The fraction of sp³-hybridized carbons (Fsp3) is 0.143. The zero-order chi connectivity index (χ0) is 7.98. The maximum atomic E-state index is 10.4. The number of allylic oxidation sites excluding steroid dienone is 3. The van der Waals surface area contributed by atoms with Gasteiger partial charge in [-0.1, -0.05) is 0 Å². The Labute approximate surface area is 58.0 Å². The van der Waals surface area contributed by atoms with Crippen molar-refractivity contribution in [2.75, 3.05) is 0 Å². The standard InChI is InChI=1S/C7H6O3/c1-6(10)7(5-9)3-2-4-8/h2-3,5H,1H3/b7-3+. The molecule has 0 atom stereocenters. The highest BCUT2D eigenvalue weighted by atomic mass is 16.1. The summed E-state index contributed by atoms with van der Waals surface area (Å²) in [7, 11) is 0. The number of carbonyl (C=O) groups is 2. The fourth-order valence-electron chi connectivity index (χ4n) is 0.363. The minimum Gasteiger partial charge on any atom is -0.298 e. The van der Waals surface area contributed by atoms with E-state index in [9.17, 15) is 14.4 Å². The molecule has 0 spiro atoms. The first-order valence-electron chi connectivity index (χ1n) is 2.59. The molecule has 0 aliphatic rings. The molecule has 0 bridgehead atoms. The van der Waals surface area contributed by atoms with E-state index in [1.807, 2.05) is 0 Å². The third-order valence-electron chi connectivity index (χ3n) is 0.864. The van der Waals surface area contributed by atoms with Gasteiger partial charge >= 0.3 is 0 Å². The highest BCUT2D eigenvalue weighted by Gasteiger charge is 1.97. The molecule has 0 fully saturated rings. The largest absolute Gasteiger partial charge is 0.298 e. The Morgan fingerprint density at radius 2 is 2.10 bits per heavy atom. The van der Waals surface area contributed by atoms with Crippen LogP contribution in [-0.2, 0) is 14.4 Å². The van der Waals surface area contributed by atoms with Gasteiger partial charge in [0, 0.05) is 6.08 Å². The van der Waals surface area contributed by atoms with Gasteiger partial charge in [-0.15, -0.1) is 0 Å². The van der Waals surface area contributed by atoms with Crippen LogP contribution in [0.2, 0.25) is 0 Å². The van der Waals surface area contributed by atoms with Crippen LogP contribution in [0.1, 0.15) is 6.92 Å². The van der Waals surface area contributed by atoms with Crippen molar-refractivity contribution in [1.82, 2.24) is 0 Å². The quantitative estimate of drug-likeness (QED) is 0.139. The number of ketones is 1. The maximum Gasteiger partial charge on any atom is 0.163 e. The summed E-state index contributed by atoms with van der Waals surface area (Å²) in [4.78, 5) is 30.0. The molecule has 0 aromatic carbocycles.